The highest BCUT2D eigenvalue weighted by atomic mass is 16.6. The molecule has 1 aromatic rings. The molecule has 0 saturated carbocycles. The van der Waals surface area contributed by atoms with Gasteiger partial charge in [-0.1, -0.05) is 6.92 Å². The summed E-state index contributed by atoms with van der Waals surface area (Å²) in [5.74, 6) is -0.407. The summed E-state index contributed by atoms with van der Waals surface area (Å²) in [6.07, 6.45) is 1.91. The van der Waals surface area contributed by atoms with Crippen LogP contribution < -0.4 is 0 Å². The van der Waals surface area contributed by atoms with Gasteiger partial charge in [-0.3, -0.25) is 0 Å². The van der Waals surface area contributed by atoms with Crippen LogP contribution in [0, 0.1) is 12.8 Å². The van der Waals surface area contributed by atoms with E-state index in [0.717, 1.165) is 11.1 Å². The number of esters is 1. The van der Waals surface area contributed by atoms with Crippen LogP contribution in [0.1, 0.15) is 55.7 Å². The molecule has 0 radical (unpaired) electrons. The summed E-state index contributed by atoms with van der Waals surface area (Å²) in [5, 5.41) is 0. The van der Waals surface area contributed by atoms with Crippen LogP contribution in [0.25, 0.3) is 0 Å². The number of hydrogen-bond acceptors (Lipinski definition) is 5. The van der Waals surface area contributed by atoms with Crippen LogP contribution in [-0.2, 0) is 15.1 Å². The Labute approximate surface area is 142 Å². The predicted molar refractivity (Wildman–Crippen MR) is 87.7 cm³/mol. The monoisotopic (exact) mass is 332 g/mol. The lowest BCUT2D eigenvalue weighted by Crippen LogP contribution is -2.51. The number of pyridine rings is 1. The van der Waals surface area contributed by atoms with Crippen molar-refractivity contribution in [3.8, 4) is 0 Å². The number of carbonyl (C=O) groups is 2. The van der Waals surface area contributed by atoms with Crippen molar-refractivity contribution in [2.45, 2.75) is 52.2 Å². The third-order valence-electron chi connectivity index (χ3n) is 4.64. The molecule has 1 saturated heterocycles. The molecule has 2 unspecified atom stereocenters. The van der Waals surface area contributed by atoms with Crippen LogP contribution in [0.4, 0.5) is 4.79 Å². The maximum atomic E-state index is 12.3. The zero-order chi connectivity index (χ0) is 17.7. The fourth-order valence-electron chi connectivity index (χ4n) is 3.48. The third-order valence-corrected chi connectivity index (χ3v) is 4.64. The van der Waals surface area contributed by atoms with Gasteiger partial charge in [-0.05, 0) is 39.3 Å². The fraction of sp³-hybridized carbons (Fsp3) is 0.611. The molecule has 3 rings (SSSR count). The van der Waals surface area contributed by atoms with Crippen LogP contribution in [-0.4, -0.2) is 40.6 Å². The van der Waals surface area contributed by atoms with E-state index in [-0.39, 0.29) is 18.0 Å². The van der Waals surface area contributed by atoms with E-state index in [4.69, 9.17) is 9.47 Å². The first kappa shape index (κ1) is 16.7. The van der Waals surface area contributed by atoms with Gasteiger partial charge in [0.05, 0.1) is 0 Å². The summed E-state index contributed by atoms with van der Waals surface area (Å²) in [7, 11) is 0. The number of likely N-dealkylation sites (tertiary alicyclic amines) is 1. The lowest BCUT2D eigenvalue weighted by Gasteiger charge is -2.43. The summed E-state index contributed by atoms with van der Waals surface area (Å²) in [4.78, 5) is 30.5. The van der Waals surface area contributed by atoms with Gasteiger partial charge in [-0.15, -0.1) is 0 Å². The number of nitrogens with zero attached hydrogens (tertiary/aromatic N) is 2. The van der Waals surface area contributed by atoms with Crippen molar-refractivity contribution >= 4 is 12.1 Å². The number of aromatic nitrogens is 1. The second-order valence-electron chi connectivity index (χ2n) is 7.77. The van der Waals surface area contributed by atoms with Crippen molar-refractivity contribution in [2.24, 2.45) is 5.92 Å². The highest BCUT2D eigenvalue weighted by molar-refractivity contribution is 5.92. The van der Waals surface area contributed by atoms with Gasteiger partial charge in [-0.25, -0.2) is 14.6 Å². The Bertz CT molecular complexity index is 695. The number of aryl methyl sites for hydroxylation is 1. The van der Waals surface area contributed by atoms with Gasteiger partial charge in [0.2, 0.25) is 0 Å². The quantitative estimate of drug-likeness (QED) is 0.683. The largest absolute Gasteiger partial charge is 0.449 e. The molecule has 6 heteroatoms. The zero-order valence-electron chi connectivity index (χ0n) is 14.9. The molecule has 0 aromatic carbocycles. The Balaban J connectivity index is 1.84. The summed E-state index contributed by atoms with van der Waals surface area (Å²) in [6.45, 7) is 10.5. The minimum Gasteiger partial charge on any atom is -0.449 e. The fourth-order valence-corrected chi connectivity index (χ4v) is 3.48. The minimum absolute atomic E-state index is 0.0347. The predicted octanol–water partition coefficient (Wildman–Crippen LogP) is 3.03. The average Bonchev–Trinajstić information content (AvgIpc) is 2.73. The normalized spacial score (nSPS) is 26.3. The van der Waals surface area contributed by atoms with Crippen molar-refractivity contribution < 1.29 is 19.1 Å². The van der Waals surface area contributed by atoms with E-state index in [1.807, 2.05) is 40.7 Å². The van der Waals surface area contributed by atoms with E-state index >= 15 is 0 Å². The second-order valence-corrected chi connectivity index (χ2v) is 7.77. The SMILES string of the molecule is Cc1cnc2c(c1)C1(CCN(C(=O)OC(C)(C)C)CC1C)OC2=O. The third kappa shape index (κ3) is 2.74. The van der Waals surface area contributed by atoms with Gasteiger partial charge >= 0.3 is 12.1 Å². The van der Waals surface area contributed by atoms with Crippen LogP contribution in [0.3, 0.4) is 0 Å². The van der Waals surface area contributed by atoms with E-state index in [1.54, 1.807) is 11.1 Å². The van der Waals surface area contributed by atoms with Crippen molar-refractivity contribution in [2.75, 3.05) is 13.1 Å². The first-order chi connectivity index (χ1) is 11.1. The Morgan fingerprint density at radius 1 is 1.46 bits per heavy atom. The van der Waals surface area contributed by atoms with Gasteiger partial charge in [0.1, 0.15) is 11.2 Å². The van der Waals surface area contributed by atoms with Crippen molar-refractivity contribution in [3.05, 3.63) is 29.1 Å². The Morgan fingerprint density at radius 2 is 2.17 bits per heavy atom. The topological polar surface area (TPSA) is 68.7 Å². The first-order valence-electron chi connectivity index (χ1n) is 8.31. The molecular formula is C18H24N2O4. The molecule has 1 spiro atoms. The zero-order valence-corrected chi connectivity index (χ0v) is 14.9. The molecule has 1 amide bonds. The average molecular weight is 332 g/mol. The number of amides is 1. The molecule has 1 aromatic heterocycles. The molecule has 0 aliphatic carbocycles. The van der Waals surface area contributed by atoms with E-state index in [1.165, 1.54) is 0 Å². The van der Waals surface area contributed by atoms with Crippen LogP contribution in [0.15, 0.2) is 12.3 Å². The summed E-state index contributed by atoms with van der Waals surface area (Å²) in [6, 6.07) is 1.98. The molecule has 2 aliphatic heterocycles. The Hall–Kier alpha value is -2.11. The van der Waals surface area contributed by atoms with Gasteiger partial charge in [0.25, 0.3) is 0 Å². The molecule has 0 N–H and O–H groups in total. The molecule has 1 fully saturated rings. The van der Waals surface area contributed by atoms with E-state index < -0.39 is 11.2 Å². The van der Waals surface area contributed by atoms with E-state index in [0.29, 0.717) is 25.2 Å². The molecule has 2 aliphatic rings. The summed E-state index contributed by atoms with van der Waals surface area (Å²) < 4.78 is 11.2. The molecule has 24 heavy (non-hydrogen) atoms. The Kier molecular flexibility index (Phi) is 3.81. The van der Waals surface area contributed by atoms with Crippen LogP contribution >= 0.6 is 0 Å². The molecule has 2 atom stereocenters. The maximum absolute atomic E-state index is 12.3. The van der Waals surface area contributed by atoms with Gasteiger partial charge < -0.3 is 14.4 Å². The van der Waals surface area contributed by atoms with Gasteiger partial charge in [0.15, 0.2) is 5.69 Å². The van der Waals surface area contributed by atoms with Crippen molar-refractivity contribution in [3.63, 3.8) is 0 Å². The number of ether oxygens (including phenoxy) is 2. The van der Waals surface area contributed by atoms with Crippen molar-refractivity contribution in [1.82, 2.24) is 9.88 Å². The van der Waals surface area contributed by atoms with E-state index in [2.05, 4.69) is 4.98 Å². The number of rotatable bonds is 0. The molecule has 3 heterocycles. The molecule has 0 bridgehead atoms. The Morgan fingerprint density at radius 3 is 2.79 bits per heavy atom. The number of fused-ring (bicyclic) bond motifs is 2. The second kappa shape index (κ2) is 5.46. The smallest absolute Gasteiger partial charge is 0.410 e. The highest BCUT2D eigenvalue weighted by Crippen LogP contribution is 2.46. The highest BCUT2D eigenvalue weighted by Gasteiger charge is 2.53. The summed E-state index contributed by atoms with van der Waals surface area (Å²) >= 11 is 0. The minimum atomic E-state index is -0.691. The van der Waals surface area contributed by atoms with E-state index in [9.17, 15) is 9.59 Å². The van der Waals surface area contributed by atoms with Crippen LogP contribution in [0.5, 0.6) is 0 Å². The number of hydrogen-bond donors (Lipinski definition) is 0. The first-order valence-corrected chi connectivity index (χ1v) is 8.31. The lowest BCUT2D eigenvalue weighted by atomic mass is 9.77. The van der Waals surface area contributed by atoms with Crippen molar-refractivity contribution in [1.29, 1.82) is 0 Å². The molecule has 6 nitrogen and oxygen atoms in total. The summed E-state index contributed by atoms with van der Waals surface area (Å²) in [5.41, 5.74) is 1.03. The lowest BCUT2D eigenvalue weighted by molar-refractivity contribution is -0.0782. The van der Waals surface area contributed by atoms with Gasteiger partial charge in [-0.2, -0.15) is 0 Å². The number of piperidine rings is 1. The number of carbonyl (C=O) groups excluding carboxylic acids is 2. The standard InChI is InChI=1S/C18H24N2O4/c1-11-8-13-14(19-9-11)15(21)23-18(13)6-7-20(10-12(18)2)16(22)24-17(3,4)5/h8-9,12H,6-7,10H2,1-5H3. The van der Waals surface area contributed by atoms with Crippen LogP contribution in [0.2, 0.25) is 0 Å². The van der Waals surface area contributed by atoms with Gasteiger partial charge in [0, 0.05) is 37.2 Å². The molecular weight excluding hydrogens is 308 g/mol. The maximum Gasteiger partial charge on any atom is 0.410 e. The molecule has 130 valence electrons.